The molecule has 4 aliphatic heterocycles. The van der Waals surface area contributed by atoms with E-state index in [1.807, 2.05) is 36.4 Å². The Morgan fingerprint density at radius 3 is 1.03 bits per heavy atom. The van der Waals surface area contributed by atoms with Crippen molar-refractivity contribution in [1.29, 1.82) is 0 Å². The summed E-state index contributed by atoms with van der Waals surface area (Å²) in [6, 6.07) is 51.5. The smallest absolute Gasteiger partial charge is 0.442 e. The highest BCUT2D eigenvalue weighted by molar-refractivity contribution is 6.47. The SMILES string of the molecule is COc1ccc(-c2ccc(CNC(=O)c3c(F)c(F)c(N=[N+]=[N-])c(F)c3F)o2)c2[nH]cc(C(=O)C(=O)N3CCN(C(C)=O)CC3)c12.COc1ccc(-c2ccc(CNC(=O)c3ccc(C4(C(F)(F)F)N=N4)cc3)o2)c2[nH]cc(C(=O)C(=O)N3CCN(C(=O)c4ccccc4)CC3)c12.COc1ccc(-c2ccc(CNC(=O)c3ccccc3)o2)c2[nH]cc(C(=O)C(=O)N3CCN(C(=O)c4ccccc4)CC3)c12. The van der Waals surface area contributed by atoms with E-state index in [0.29, 0.717) is 127 Å². The molecule has 0 saturated carbocycles. The topological polar surface area (TPSA) is 448 Å². The monoisotopic (exact) mass is 1930 g/mol. The number of alkyl halides is 3. The van der Waals surface area contributed by atoms with Gasteiger partial charge in [0.15, 0.2) is 23.3 Å². The van der Waals surface area contributed by atoms with Crippen molar-refractivity contribution in [1.82, 2.24) is 60.3 Å². The summed E-state index contributed by atoms with van der Waals surface area (Å²) in [5.74, 6) is -11.8. The number of furan rings is 3. The number of carbonyl (C=O) groups is 12. The lowest BCUT2D eigenvalue weighted by atomic mass is 10.0. The highest BCUT2D eigenvalue weighted by atomic mass is 19.4. The highest BCUT2D eigenvalue weighted by Gasteiger charge is 2.65. The largest absolute Gasteiger partial charge is 0.496 e. The number of ketones is 3. The highest BCUT2D eigenvalue weighted by Crippen LogP contribution is 2.52. The number of piperazine rings is 3. The normalized spacial score (nSPS) is 13.8. The molecule has 0 atom stereocenters. The number of carbonyl (C=O) groups excluding carboxylic acids is 12. The van der Waals surface area contributed by atoms with Crippen LogP contribution in [0.25, 0.3) is 77.1 Å². The van der Waals surface area contributed by atoms with Gasteiger partial charge in [0.2, 0.25) is 5.91 Å². The van der Waals surface area contributed by atoms with Crippen LogP contribution < -0.4 is 30.2 Å². The van der Waals surface area contributed by atoms with Crippen LogP contribution in [0.1, 0.15) is 113 Å². The van der Waals surface area contributed by atoms with Crippen molar-refractivity contribution in [3.63, 3.8) is 0 Å². The average molecular weight is 1930 g/mol. The molecule has 18 rings (SSSR count). The van der Waals surface area contributed by atoms with Gasteiger partial charge < -0.3 is 87.8 Å². The van der Waals surface area contributed by atoms with Crippen molar-refractivity contribution < 1.29 is 116 Å². The van der Waals surface area contributed by atoms with E-state index >= 15 is 0 Å². The standard InChI is InChI=1S/C36H29F3N6O6.C34H30N4O6.C29H23F4N7O6/c1-50-28-14-12-25(27-13-11-24(51-27)19-41-32(47)21-7-9-23(10-8-21)35(42-43-35)36(37,38)39)30-29(28)26(20-40-30)31(46)34(49)45-17-15-44(16-18-45)33(48)22-5-3-2-4-6-22;1-43-28-15-13-25(27-14-12-24(44-27)20-36-32(40)22-8-4-2-5-9-22)30-29(28)26(21-35-30)31(39)34(42)38-18-16-37(17-19-38)33(41)23-10-6-3-7-11-23;1-13(41)39-7-9-40(10-8-39)29(44)27(42)16-12-35-25-15(4-6-18(45-2)19(16)25)17-5-3-14(46-17)11-36-28(43)20-21(30)23(32)26(37-38-34)24(33)22(20)31/h2-14,20,40H,15-19H2,1H3,(H,41,47);2-15,21,35H,16-20H2,1H3,(H,36,40);3-6,12,35H,7-11H2,1-2H3,(H,36,43). The van der Waals surface area contributed by atoms with E-state index < -0.39 is 99.8 Å². The van der Waals surface area contributed by atoms with E-state index in [9.17, 15) is 88.3 Å². The molecule has 10 heterocycles. The molecule has 0 unspecified atom stereocenters. The number of Topliss-reactive ketones (excluding diaryl/α,β-unsaturated/α-hetero) is 3. The summed E-state index contributed by atoms with van der Waals surface area (Å²) in [5, 5.41) is 17.7. The molecule has 720 valence electrons. The van der Waals surface area contributed by atoms with Crippen molar-refractivity contribution in [2.24, 2.45) is 15.3 Å². The summed E-state index contributed by atoms with van der Waals surface area (Å²) in [4.78, 5) is 176. The summed E-state index contributed by atoms with van der Waals surface area (Å²) in [6.07, 6.45) is -0.346. The number of amides is 9. The van der Waals surface area contributed by atoms with Crippen molar-refractivity contribution in [3.8, 4) is 51.2 Å². The fourth-order valence-corrected chi connectivity index (χ4v) is 16.6. The minimum Gasteiger partial charge on any atom is -0.496 e. The molecule has 9 amide bonds. The van der Waals surface area contributed by atoms with E-state index in [1.54, 1.807) is 130 Å². The number of ether oxygens (including phenoxy) is 3. The van der Waals surface area contributed by atoms with Gasteiger partial charge in [0.1, 0.15) is 63.1 Å². The first-order valence-electron chi connectivity index (χ1n) is 43.6. The van der Waals surface area contributed by atoms with E-state index in [1.165, 1.54) is 97.9 Å². The molecule has 6 N–H and O–H groups in total. The summed E-state index contributed by atoms with van der Waals surface area (Å²) >= 11 is 0. The number of aromatic amines is 3. The molecule has 3 fully saturated rings. The Morgan fingerprint density at radius 2 is 0.716 bits per heavy atom. The average Bonchev–Trinajstić information content (AvgIpc) is 1.58. The predicted molar refractivity (Wildman–Crippen MR) is 491 cm³/mol. The van der Waals surface area contributed by atoms with Gasteiger partial charge in [-0.15, -0.1) is 10.2 Å². The number of halogens is 7. The predicted octanol–water partition coefficient (Wildman–Crippen LogP) is 15.0. The molecule has 4 aliphatic rings. The van der Waals surface area contributed by atoms with Crippen LogP contribution in [0.15, 0.2) is 235 Å². The van der Waals surface area contributed by atoms with Crippen LogP contribution in [-0.4, -0.2) is 221 Å². The number of azide groups is 1. The third kappa shape index (κ3) is 19.8. The first-order valence-corrected chi connectivity index (χ1v) is 43.6. The Bertz CT molecular complexity index is 7310. The fourth-order valence-electron chi connectivity index (χ4n) is 16.6. The van der Waals surface area contributed by atoms with Crippen molar-refractivity contribution >= 4 is 109 Å². The number of hydrogen-bond donors (Lipinski definition) is 6. The number of rotatable bonds is 25. The summed E-state index contributed by atoms with van der Waals surface area (Å²) in [7, 11) is 4.34. The van der Waals surface area contributed by atoms with Crippen LogP contribution in [0, 0.1) is 23.3 Å². The number of hydrogen-bond acceptors (Lipinski definition) is 21. The van der Waals surface area contributed by atoms with E-state index in [-0.39, 0.29) is 134 Å². The van der Waals surface area contributed by atoms with Crippen LogP contribution in [0.2, 0.25) is 0 Å². The maximum atomic E-state index is 14.4. The number of benzene rings is 8. The van der Waals surface area contributed by atoms with Gasteiger partial charge in [0.05, 0.1) is 90.4 Å². The molecule has 6 aromatic heterocycles. The first kappa shape index (κ1) is 96.4. The number of H-pyrrole nitrogens is 3. The molecule has 8 aromatic carbocycles. The van der Waals surface area contributed by atoms with Gasteiger partial charge in [-0.05, 0) is 127 Å². The van der Waals surface area contributed by atoms with Crippen LogP contribution in [0.5, 0.6) is 17.2 Å². The number of methoxy groups -OCH3 is 3. The Kier molecular flexibility index (Phi) is 28.1. The third-order valence-corrected chi connectivity index (χ3v) is 24.1. The zero-order chi connectivity index (χ0) is 99.8. The number of nitrogens with one attached hydrogen (secondary N) is 6. The van der Waals surface area contributed by atoms with Crippen molar-refractivity contribution in [2.45, 2.75) is 38.4 Å². The lowest BCUT2D eigenvalue weighted by Gasteiger charge is -2.34. The summed E-state index contributed by atoms with van der Waals surface area (Å²) < 4.78 is 131. The number of aromatic nitrogens is 3. The van der Waals surface area contributed by atoms with Crippen molar-refractivity contribution in [2.75, 3.05) is 99.9 Å². The molecule has 42 heteroatoms. The zero-order valence-corrected chi connectivity index (χ0v) is 75.2. The quantitative estimate of drug-likeness (QED) is 0.00588. The minimum atomic E-state index is -4.67. The van der Waals surface area contributed by atoms with Crippen molar-refractivity contribution in [3.05, 3.63) is 308 Å². The number of nitrogens with zero attached hydrogens (tertiary/aromatic N) is 11. The maximum Gasteiger partial charge on any atom is 0.442 e. The second-order valence-corrected chi connectivity index (χ2v) is 32.3. The first-order chi connectivity index (χ1) is 67.9. The summed E-state index contributed by atoms with van der Waals surface area (Å²) in [6.45, 7) is 4.31. The van der Waals surface area contributed by atoms with Crippen LogP contribution in [-0.2, 0) is 44.5 Å². The molecule has 0 radical (unpaired) electrons. The van der Waals surface area contributed by atoms with Gasteiger partial charge in [-0.1, -0.05) is 71.8 Å². The third-order valence-electron chi connectivity index (χ3n) is 24.1. The van der Waals surface area contributed by atoms with Crippen LogP contribution >= 0.6 is 0 Å². The Morgan fingerprint density at radius 1 is 0.404 bits per heavy atom. The van der Waals surface area contributed by atoms with Crippen LogP contribution in [0.3, 0.4) is 0 Å². The maximum absolute atomic E-state index is 14.4. The van der Waals surface area contributed by atoms with E-state index in [0.717, 1.165) is 0 Å². The molecule has 35 nitrogen and oxygen atoms in total. The lowest BCUT2D eigenvalue weighted by Crippen LogP contribution is -2.52. The second-order valence-electron chi connectivity index (χ2n) is 32.3. The molecular weight excluding hydrogens is 1850 g/mol. The molecule has 0 bridgehead atoms. The Hall–Kier alpha value is -17.7. The molecule has 14 aromatic rings. The van der Waals surface area contributed by atoms with Gasteiger partial charge in [-0.25, -0.2) is 17.6 Å². The van der Waals surface area contributed by atoms with Gasteiger partial charge >= 0.3 is 11.8 Å². The van der Waals surface area contributed by atoms with Crippen LogP contribution in [0.4, 0.5) is 36.4 Å². The molecule has 3 saturated heterocycles. The fraction of sp³-hybridized carbons (Fsp3) is 0.212. The molecular formula is C99H82F7N17O18. The molecule has 0 spiro atoms. The Labute approximate surface area is 793 Å². The second kappa shape index (κ2) is 41.1. The minimum absolute atomic E-state index is 0.0236. The Balaban J connectivity index is 0.000000153. The van der Waals surface area contributed by atoms with E-state index in [4.69, 9.17) is 33.0 Å². The summed E-state index contributed by atoms with van der Waals surface area (Å²) in [5.41, 5.74) is 7.78. The van der Waals surface area contributed by atoms with Gasteiger partial charge in [-0.3, -0.25) is 57.5 Å². The lowest BCUT2D eigenvalue weighted by molar-refractivity contribution is -0.166. The van der Waals surface area contributed by atoms with Gasteiger partial charge in [-0.2, -0.15) is 13.2 Å². The molecule has 0 aliphatic carbocycles. The van der Waals surface area contributed by atoms with E-state index in [2.05, 4.69) is 51.2 Å². The van der Waals surface area contributed by atoms with Gasteiger partial charge in [0, 0.05) is 153 Å². The molecule has 141 heavy (non-hydrogen) atoms. The van der Waals surface area contributed by atoms with Gasteiger partial charge in [0.25, 0.3) is 64.6 Å². The number of fused-ring (bicyclic) bond motifs is 3. The zero-order valence-electron chi connectivity index (χ0n) is 75.2.